The number of pyridine rings is 1. The summed E-state index contributed by atoms with van der Waals surface area (Å²) in [5, 5.41) is 17.8. The first kappa shape index (κ1) is 21.0. The number of aromatic nitrogens is 3. The van der Waals surface area contributed by atoms with Crippen LogP contribution < -0.4 is 0 Å². The van der Waals surface area contributed by atoms with Crippen LogP contribution in [0.5, 0.6) is 5.75 Å². The SMILES string of the molecule is C=CC(=O)N1CCc2[nH]nc3c2C(C1)N(C(=O)c1cnc(C(C)(F)CC)c(O)c1)CC3. The van der Waals surface area contributed by atoms with Crippen LogP contribution in [0.3, 0.4) is 0 Å². The summed E-state index contributed by atoms with van der Waals surface area (Å²) in [5.74, 6) is -0.867. The second kappa shape index (κ2) is 7.79. The summed E-state index contributed by atoms with van der Waals surface area (Å²) in [6.45, 7) is 7.82. The van der Waals surface area contributed by atoms with Gasteiger partial charge >= 0.3 is 0 Å². The van der Waals surface area contributed by atoms with E-state index in [2.05, 4.69) is 21.8 Å². The molecular weight excluding hydrogens is 401 g/mol. The summed E-state index contributed by atoms with van der Waals surface area (Å²) in [6.07, 6.45) is 3.92. The van der Waals surface area contributed by atoms with Gasteiger partial charge in [-0.05, 0) is 25.5 Å². The molecule has 9 heteroatoms. The van der Waals surface area contributed by atoms with Crippen LogP contribution in [0.25, 0.3) is 0 Å². The molecule has 4 rings (SSSR count). The van der Waals surface area contributed by atoms with Crippen molar-refractivity contribution in [3.05, 3.63) is 53.1 Å². The molecule has 0 fully saturated rings. The molecule has 0 aliphatic carbocycles. The van der Waals surface area contributed by atoms with Crippen LogP contribution in [0.4, 0.5) is 4.39 Å². The number of hydrogen-bond acceptors (Lipinski definition) is 5. The molecule has 2 atom stereocenters. The van der Waals surface area contributed by atoms with Crippen LogP contribution in [0, 0.1) is 0 Å². The number of carbonyl (C=O) groups excluding carboxylic acids is 2. The first-order chi connectivity index (χ1) is 14.8. The summed E-state index contributed by atoms with van der Waals surface area (Å²) in [5.41, 5.74) is 1.09. The first-order valence-electron chi connectivity index (χ1n) is 10.4. The standard InChI is InChI=1S/C22H26FN5O3/c1-4-18(30)27-8-6-14-19-15(26-25-14)7-9-28(16(19)12-27)21(31)13-10-17(29)20(24-11-13)22(3,23)5-2/h4,10-11,16,29H,1,5-9,12H2,2-3H3,(H,25,26). The highest BCUT2D eigenvalue weighted by Gasteiger charge is 2.39. The Labute approximate surface area is 179 Å². The molecule has 8 nitrogen and oxygen atoms in total. The van der Waals surface area contributed by atoms with Gasteiger partial charge in [-0.3, -0.25) is 19.7 Å². The number of halogens is 1. The molecule has 0 bridgehead atoms. The molecular formula is C22H26FN5O3. The number of rotatable bonds is 4. The molecule has 31 heavy (non-hydrogen) atoms. The molecule has 164 valence electrons. The maximum Gasteiger partial charge on any atom is 0.256 e. The second-order valence-electron chi connectivity index (χ2n) is 8.21. The Hall–Kier alpha value is -3.23. The summed E-state index contributed by atoms with van der Waals surface area (Å²) in [4.78, 5) is 33.1. The van der Waals surface area contributed by atoms with Gasteiger partial charge in [0.2, 0.25) is 5.91 Å². The van der Waals surface area contributed by atoms with Crippen molar-refractivity contribution in [1.29, 1.82) is 0 Å². The van der Waals surface area contributed by atoms with Gasteiger partial charge in [-0.25, -0.2) is 4.39 Å². The Balaban J connectivity index is 1.68. The van der Waals surface area contributed by atoms with Crippen molar-refractivity contribution in [2.45, 2.75) is 44.8 Å². The number of carbonyl (C=O) groups is 2. The van der Waals surface area contributed by atoms with Gasteiger partial charge in [0, 0.05) is 49.9 Å². The predicted molar refractivity (Wildman–Crippen MR) is 111 cm³/mol. The Morgan fingerprint density at radius 3 is 2.87 bits per heavy atom. The smallest absolute Gasteiger partial charge is 0.256 e. The Morgan fingerprint density at radius 2 is 2.19 bits per heavy atom. The van der Waals surface area contributed by atoms with Crippen LogP contribution in [-0.4, -0.2) is 61.5 Å². The molecule has 0 spiro atoms. The zero-order valence-electron chi connectivity index (χ0n) is 17.7. The third-order valence-corrected chi connectivity index (χ3v) is 6.31. The van der Waals surface area contributed by atoms with Gasteiger partial charge in [0.1, 0.15) is 11.4 Å². The number of nitrogens with one attached hydrogen (secondary N) is 1. The van der Waals surface area contributed by atoms with E-state index in [-0.39, 0.29) is 41.3 Å². The van der Waals surface area contributed by atoms with Gasteiger partial charge in [0.15, 0.2) is 5.67 Å². The van der Waals surface area contributed by atoms with E-state index in [1.165, 1.54) is 25.3 Å². The first-order valence-corrected chi connectivity index (χ1v) is 10.4. The van der Waals surface area contributed by atoms with Crippen LogP contribution in [0.15, 0.2) is 24.9 Å². The van der Waals surface area contributed by atoms with E-state index >= 15 is 0 Å². The number of nitrogens with zero attached hydrogens (tertiary/aromatic N) is 4. The molecule has 2 amide bonds. The lowest BCUT2D eigenvalue weighted by atomic mass is 9.95. The van der Waals surface area contributed by atoms with E-state index in [4.69, 9.17) is 0 Å². The number of H-pyrrole nitrogens is 1. The molecule has 2 aliphatic heterocycles. The third kappa shape index (κ3) is 3.58. The Morgan fingerprint density at radius 1 is 1.42 bits per heavy atom. The monoisotopic (exact) mass is 427 g/mol. The predicted octanol–water partition coefficient (Wildman–Crippen LogP) is 2.42. The van der Waals surface area contributed by atoms with E-state index in [0.29, 0.717) is 32.5 Å². The molecule has 2 N–H and O–H groups in total. The Bertz CT molecular complexity index is 1050. The zero-order valence-corrected chi connectivity index (χ0v) is 17.7. The minimum absolute atomic E-state index is 0.0816. The van der Waals surface area contributed by atoms with Crippen molar-refractivity contribution >= 4 is 11.8 Å². The van der Waals surface area contributed by atoms with Gasteiger partial charge in [-0.1, -0.05) is 13.5 Å². The fourth-order valence-electron chi connectivity index (χ4n) is 4.36. The zero-order chi connectivity index (χ0) is 22.3. The summed E-state index contributed by atoms with van der Waals surface area (Å²) >= 11 is 0. The molecule has 0 aromatic carbocycles. The van der Waals surface area contributed by atoms with Crippen molar-refractivity contribution in [2.24, 2.45) is 0 Å². The van der Waals surface area contributed by atoms with Crippen molar-refractivity contribution in [3.63, 3.8) is 0 Å². The highest BCUT2D eigenvalue weighted by molar-refractivity contribution is 5.95. The minimum atomic E-state index is -1.79. The molecule has 0 saturated carbocycles. The molecule has 2 aliphatic rings. The maximum absolute atomic E-state index is 14.6. The van der Waals surface area contributed by atoms with E-state index in [9.17, 15) is 19.1 Å². The lowest BCUT2D eigenvalue weighted by molar-refractivity contribution is -0.126. The largest absolute Gasteiger partial charge is 0.506 e. The topological polar surface area (TPSA) is 102 Å². The van der Waals surface area contributed by atoms with Crippen LogP contribution in [0.2, 0.25) is 0 Å². The lowest BCUT2D eigenvalue weighted by Crippen LogP contribution is -2.45. The third-order valence-electron chi connectivity index (χ3n) is 6.31. The molecule has 0 radical (unpaired) electrons. The summed E-state index contributed by atoms with van der Waals surface area (Å²) in [6, 6.07) is 0.896. The quantitative estimate of drug-likeness (QED) is 0.730. The number of hydrogen-bond donors (Lipinski definition) is 2. The van der Waals surface area contributed by atoms with Gasteiger partial charge in [-0.2, -0.15) is 5.10 Å². The second-order valence-corrected chi connectivity index (χ2v) is 8.21. The maximum atomic E-state index is 14.6. The highest BCUT2D eigenvalue weighted by Crippen LogP contribution is 2.37. The van der Waals surface area contributed by atoms with Gasteiger partial charge in [0.25, 0.3) is 5.91 Å². The van der Waals surface area contributed by atoms with Crippen molar-refractivity contribution < 1.29 is 19.1 Å². The number of aromatic amines is 1. The average molecular weight is 427 g/mol. The van der Waals surface area contributed by atoms with Gasteiger partial charge < -0.3 is 14.9 Å². The normalized spacial score (nSPS) is 19.9. The van der Waals surface area contributed by atoms with Crippen molar-refractivity contribution in [1.82, 2.24) is 25.0 Å². The number of alkyl halides is 1. The lowest BCUT2D eigenvalue weighted by Gasteiger charge is -2.37. The van der Waals surface area contributed by atoms with Crippen LogP contribution in [-0.2, 0) is 23.3 Å². The fraction of sp³-hybridized carbons (Fsp3) is 0.455. The van der Waals surface area contributed by atoms with E-state index in [1.54, 1.807) is 16.7 Å². The van der Waals surface area contributed by atoms with Crippen LogP contribution >= 0.6 is 0 Å². The van der Waals surface area contributed by atoms with Crippen LogP contribution in [0.1, 0.15) is 59.3 Å². The van der Waals surface area contributed by atoms with Gasteiger partial charge in [0.05, 0.1) is 17.3 Å². The van der Waals surface area contributed by atoms with E-state index in [1.807, 2.05) is 0 Å². The molecule has 2 aromatic rings. The summed E-state index contributed by atoms with van der Waals surface area (Å²) < 4.78 is 14.6. The van der Waals surface area contributed by atoms with Gasteiger partial charge in [-0.15, -0.1) is 0 Å². The van der Waals surface area contributed by atoms with Crippen molar-refractivity contribution in [3.8, 4) is 5.75 Å². The molecule has 0 saturated heterocycles. The van der Waals surface area contributed by atoms with Crippen molar-refractivity contribution in [2.75, 3.05) is 19.6 Å². The fourth-order valence-corrected chi connectivity index (χ4v) is 4.36. The minimum Gasteiger partial charge on any atom is -0.506 e. The summed E-state index contributed by atoms with van der Waals surface area (Å²) in [7, 11) is 0. The van der Waals surface area contributed by atoms with E-state index < -0.39 is 5.67 Å². The Kier molecular flexibility index (Phi) is 5.28. The average Bonchev–Trinajstić information content (AvgIpc) is 3.08. The molecule has 2 aromatic heterocycles. The molecule has 2 unspecified atom stereocenters. The number of amides is 2. The number of aromatic hydroxyl groups is 1. The highest BCUT2D eigenvalue weighted by atomic mass is 19.1. The van der Waals surface area contributed by atoms with E-state index in [0.717, 1.165) is 17.0 Å². The molecule has 4 heterocycles.